The Balaban J connectivity index is 1.33. The van der Waals surface area contributed by atoms with Gasteiger partial charge in [0.1, 0.15) is 0 Å². The van der Waals surface area contributed by atoms with Crippen molar-refractivity contribution in [2.45, 2.75) is 19.5 Å². The third kappa shape index (κ3) is 6.09. The molecule has 1 aromatic heterocycles. The van der Waals surface area contributed by atoms with Crippen LogP contribution in [0.4, 0.5) is 0 Å². The molecule has 5 nitrogen and oxygen atoms in total. The number of halogens is 2. The Morgan fingerprint density at radius 1 is 0.935 bits per heavy atom. The number of hydrogen-bond acceptors (Lipinski definition) is 5. The first-order valence-electron chi connectivity index (χ1n) is 10.7. The second kappa shape index (κ2) is 10.6. The van der Waals surface area contributed by atoms with E-state index in [-0.39, 0.29) is 6.04 Å². The lowest BCUT2D eigenvalue weighted by Gasteiger charge is -2.40. The summed E-state index contributed by atoms with van der Waals surface area (Å²) in [5, 5.41) is 8.89. The molecular formula is C24H28Cl2N4O. The molecule has 0 atom stereocenters. The van der Waals surface area contributed by atoms with Crippen LogP contribution in [0.2, 0.25) is 10.0 Å². The Morgan fingerprint density at radius 2 is 1.52 bits per heavy atom. The highest BCUT2D eigenvalue weighted by atomic mass is 35.5. The van der Waals surface area contributed by atoms with Crippen LogP contribution in [0.15, 0.2) is 59.1 Å². The third-order valence-corrected chi connectivity index (χ3v) is 6.23. The van der Waals surface area contributed by atoms with E-state index in [1.165, 1.54) is 11.1 Å². The fourth-order valence-corrected chi connectivity index (χ4v) is 4.35. The summed E-state index contributed by atoms with van der Waals surface area (Å²) in [6.45, 7) is 8.71. The molecule has 4 rings (SSSR count). The summed E-state index contributed by atoms with van der Waals surface area (Å²) in [5.74, 6) is 0.885. The molecule has 1 saturated heterocycles. The Kier molecular flexibility index (Phi) is 7.64. The van der Waals surface area contributed by atoms with Crippen LogP contribution >= 0.6 is 23.2 Å². The van der Waals surface area contributed by atoms with E-state index in [0.29, 0.717) is 0 Å². The topological polar surface area (TPSA) is 44.5 Å². The lowest BCUT2D eigenvalue weighted by molar-refractivity contribution is 0.110. The summed E-state index contributed by atoms with van der Waals surface area (Å²) < 4.78 is 5.25. The molecule has 0 aliphatic carbocycles. The number of benzene rings is 2. The zero-order valence-electron chi connectivity index (χ0n) is 17.7. The molecule has 0 unspecified atom stereocenters. The number of piperazine rings is 1. The highest BCUT2D eigenvalue weighted by Gasteiger charge is 2.26. The average molecular weight is 459 g/mol. The van der Waals surface area contributed by atoms with Crippen LogP contribution in [0.5, 0.6) is 0 Å². The Labute approximate surface area is 193 Å². The SMILES string of the molecule is Cc1cc(CNCCN2CCN(C(c3ccc(Cl)cc3)c3ccc(Cl)cc3)CC2)on1. The zero-order chi connectivity index (χ0) is 21.6. The van der Waals surface area contributed by atoms with E-state index in [4.69, 9.17) is 27.7 Å². The van der Waals surface area contributed by atoms with Crippen LogP contribution in [-0.2, 0) is 6.54 Å². The predicted octanol–water partition coefficient (Wildman–Crippen LogP) is 4.79. The molecule has 1 fully saturated rings. The van der Waals surface area contributed by atoms with Crippen molar-refractivity contribution in [1.29, 1.82) is 0 Å². The van der Waals surface area contributed by atoms with Gasteiger partial charge in [0.05, 0.1) is 18.3 Å². The summed E-state index contributed by atoms with van der Waals surface area (Å²) in [4.78, 5) is 5.06. The summed E-state index contributed by atoms with van der Waals surface area (Å²) in [6, 6.07) is 18.6. The molecular weight excluding hydrogens is 431 g/mol. The first-order chi connectivity index (χ1) is 15.1. The quantitative estimate of drug-likeness (QED) is 0.491. The molecule has 1 N–H and O–H groups in total. The van der Waals surface area contributed by atoms with Gasteiger partial charge in [0.15, 0.2) is 5.76 Å². The van der Waals surface area contributed by atoms with Gasteiger partial charge in [-0.1, -0.05) is 52.6 Å². The van der Waals surface area contributed by atoms with Crippen LogP contribution in [-0.4, -0.2) is 54.2 Å². The highest BCUT2D eigenvalue weighted by Crippen LogP contribution is 2.31. The predicted molar refractivity (Wildman–Crippen MR) is 126 cm³/mol. The van der Waals surface area contributed by atoms with Crippen molar-refractivity contribution in [2.24, 2.45) is 0 Å². The second-order valence-electron chi connectivity index (χ2n) is 7.99. The summed E-state index contributed by atoms with van der Waals surface area (Å²) in [6.07, 6.45) is 0. The van der Waals surface area contributed by atoms with E-state index in [1.54, 1.807) is 0 Å². The zero-order valence-corrected chi connectivity index (χ0v) is 19.2. The van der Waals surface area contributed by atoms with E-state index >= 15 is 0 Å². The van der Waals surface area contributed by atoms with Crippen LogP contribution < -0.4 is 5.32 Å². The van der Waals surface area contributed by atoms with Crippen molar-refractivity contribution in [3.8, 4) is 0 Å². The van der Waals surface area contributed by atoms with Crippen LogP contribution in [0.25, 0.3) is 0 Å². The Bertz CT molecular complexity index is 905. The number of nitrogens with zero attached hydrogens (tertiary/aromatic N) is 3. The molecule has 0 saturated carbocycles. The fourth-order valence-electron chi connectivity index (χ4n) is 4.10. The van der Waals surface area contributed by atoms with E-state index in [2.05, 4.69) is 44.5 Å². The minimum Gasteiger partial charge on any atom is -0.360 e. The molecule has 1 aliphatic rings. The van der Waals surface area contributed by atoms with Gasteiger partial charge >= 0.3 is 0 Å². The second-order valence-corrected chi connectivity index (χ2v) is 8.87. The standard InChI is InChI=1S/C24H28Cl2N4O/c1-18-16-23(31-28-18)17-27-10-11-29-12-14-30(15-13-29)24(19-2-6-21(25)7-3-19)20-4-8-22(26)9-5-20/h2-9,16,24,27H,10-15,17H2,1H3. The number of aromatic nitrogens is 1. The van der Waals surface area contributed by atoms with Gasteiger partial charge in [-0.05, 0) is 42.3 Å². The van der Waals surface area contributed by atoms with Crippen LogP contribution in [0.1, 0.15) is 28.6 Å². The lowest BCUT2D eigenvalue weighted by atomic mass is 9.96. The minimum atomic E-state index is 0.199. The van der Waals surface area contributed by atoms with Crippen molar-refractivity contribution in [3.05, 3.63) is 87.2 Å². The van der Waals surface area contributed by atoms with Gasteiger partial charge in [-0.3, -0.25) is 9.80 Å². The molecule has 0 radical (unpaired) electrons. The molecule has 7 heteroatoms. The van der Waals surface area contributed by atoms with E-state index < -0.39 is 0 Å². The van der Waals surface area contributed by atoms with Gasteiger partial charge < -0.3 is 9.84 Å². The minimum absolute atomic E-state index is 0.199. The highest BCUT2D eigenvalue weighted by molar-refractivity contribution is 6.30. The smallest absolute Gasteiger partial charge is 0.150 e. The molecule has 164 valence electrons. The first-order valence-corrected chi connectivity index (χ1v) is 11.4. The maximum atomic E-state index is 6.14. The maximum Gasteiger partial charge on any atom is 0.150 e. The van der Waals surface area contributed by atoms with Crippen molar-refractivity contribution in [2.75, 3.05) is 39.3 Å². The van der Waals surface area contributed by atoms with Gasteiger partial charge in [0.25, 0.3) is 0 Å². The van der Waals surface area contributed by atoms with Crippen molar-refractivity contribution in [1.82, 2.24) is 20.3 Å². The largest absolute Gasteiger partial charge is 0.360 e. The average Bonchev–Trinajstić information content (AvgIpc) is 3.20. The molecule has 2 heterocycles. The summed E-state index contributed by atoms with van der Waals surface area (Å²) in [5.41, 5.74) is 3.43. The van der Waals surface area contributed by atoms with Gasteiger partial charge in [0, 0.05) is 55.4 Å². The van der Waals surface area contributed by atoms with Gasteiger partial charge in [-0.15, -0.1) is 0 Å². The fraction of sp³-hybridized carbons (Fsp3) is 0.375. The summed E-state index contributed by atoms with van der Waals surface area (Å²) in [7, 11) is 0. The van der Waals surface area contributed by atoms with Gasteiger partial charge in [-0.25, -0.2) is 0 Å². The summed E-state index contributed by atoms with van der Waals surface area (Å²) >= 11 is 12.3. The molecule has 31 heavy (non-hydrogen) atoms. The number of aryl methyl sites for hydroxylation is 1. The monoisotopic (exact) mass is 458 g/mol. The normalized spacial score (nSPS) is 15.6. The lowest BCUT2D eigenvalue weighted by Crippen LogP contribution is -2.49. The maximum absolute atomic E-state index is 6.14. The van der Waals surface area contributed by atoms with E-state index in [0.717, 1.165) is 67.3 Å². The van der Waals surface area contributed by atoms with Crippen molar-refractivity contribution in [3.63, 3.8) is 0 Å². The van der Waals surface area contributed by atoms with Crippen molar-refractivity contribution >= 4 is 23.2 Å². The van der Waals surface area contributed by atoms with Crippen molar-refractivity contribution < 1.29 is 4.52 Å². The number of rotatable bonds is 8. The van der Waals surface area contributed by atoms with Crippen LogP contribution in [0, 0.1) is 6.92 Å². The molecule has 0 amide bonds. The number of nitrogens with one attached hydrogen (secondary N) is 1. The molecule has 0 bridgehead atoms. The molecule has 2 aromatic carbocycles. The number of hydrogen-bond donors (Lipinski definition) is 1. The third-order valence-electron chi connectivity index (χ3n) is 5.72. The molecule has 0 spiro atoms. The van der Waals surface area contributed by atoms with E-state index in [9.17, 15) is 0 Å². The Morgan fingerprint density at radius 3 is 2.03 bits per heavy atom. The Hall–Kier alpha value is -1.89. The van der Waals surface area contributed by atoms with Gasteiger partial charge in [0.2, 0.25) is 0 Å². The molecule has 1 aliphatic heterocycles. The molecule has 3 aromatic rings. The van der Waals surface area contributed by atoms with Gasteiger partial charge in [-0.2, -0.15) is 0 Å². The van der Waals surface area contributed by atoms with E-state index in [1.807, 2.05) is 37.3 Å². The van der Waals surface area contributed by atoms with Crippen LogP contribution in [0.3, 0.4) is 0 Å². The first kappa shape index (κ1) is 22.3.